The van der Waals surface area contributed by atoms with Crippen molar-refractivity contribution in [3.63, 3.8) is 0 Å². The van der Waals surface area contributed by atoms with E-state index in [1.165, 1.54) is 6.26 Å². The van der Waals surface area contributed by atoms with Crippen LogP contribution >= 0.6 is 0 Å². The number of para-hydroxylation sites is 1. The van der Waals surface area contributed by atoms with Gasteiger partial charge in [-0.25, -0.2) is 0 Å². The Morgan fingerprint density at radius 3 is 2.87 bits per heavy atom. The maximum Gasteiger partial charge on any atom is 0.228 e. The molecule has 1 aliphatic heterocycles. The van der Waals surface area contributed by atoms with Crippen molar-refractivity contribution in [3.05, 3.63) is 54.0 Å². The van der Waals surface area contributed by atoms with E-state index in [-0.39, 0.29) is 30.1 Å². The number of hydrogen-bond acceptors (Lipinski definition) is 4. The first-order valence-electron chi connectivity index (χ1n) is 7.74. The van der Waals surface area contributed by atoms with Gasteiger partial charge < -0.3 is 14.5 Å². The molecule has 1 aromatic carbocycles. The van der Waals surface area contributed by atoms with Gasteiger partial charge in [-0.05, 0) is 31.5 Å². The average Bonchev–Trinajstić information content (AvgIpc) is 3.08. The summed E-state index contributed by atoms with van der Waals surface area (Å²) in [5.41, 5.74) is 0.904. The summed E-state index contributed by atoms with van der Waals surface area (Å²) >= 11 is 0. The lowest BCUT2D eigenvalue weighted by molar-refractivity contribution is -0.123. The highest BCUT2D eigenvalue weighted by molar-refractivity contribution is 5.94. The van der Waals surface area contributed by atoms with Gasteiger partial charge in [0.05, 0.1) is 18.8 Å². The fraction of sp³-hybridized carbons (Fsp3) is 0.333. The summed E-state index contributed by atoms with van der Waals surface area (Å²) in [4.78, 5) is 24.5. The van der Waals surface area contributed by atoms with Gasteiger partial charge in [-0.1, -0.05) is 18.2 Å². The molecule has 1 N–H and O–H groups in total. The van der Waals surface area contributed by atoms with E-state index in [2.05, 4.69) is 5.32 Å². The van der Waals surface area contributed by atoms with Crippen LogP contribution in [0.2, 0.25) is 0 Å². The number of carbonyl (C=O) groups excluding carboxylic acids is 2. The van der Waals surface area contributed by atoms with Gasteiger partial charge in [-0.2, -0.15) is 0 Å². The summed E-state index contributed by atoms with van der Waals surface area (Å²) in [5, 5.41) is 2.93. The highest BCUT2D eigenvalue weighted by Crippen LogP contribution is 2.33. The lowest BCUT2D eigenvalue weighted by Gasteiger charge is -2.26. The zero-order chi connectivity index (χ0) is 16.2. The van der Waals surface area contributed by atoms with Crippen LogP contribution < -0.4 is 10.1 Å². The lowest BCUT2D eigenvalue weighted by Crippen LogP contribution is -2.39. The number of amides is 1. The zero-order valence-electron chi connectivity index (χ0n) is 13.0. The van der Waals surface area contributed by atoms with E-state index in [1.807, 2.05) is 31.2 Å². The van der Waals surface area contributed by atoms with Crippen LogP contribution in [0.3, 0.4) is 0 Å². The molecule has 120 valence electrons. The van der Waals surface area contributed by atoms with Crippen molar-refractivity contribution >= 4 is 11.7 Å². The molecule has 3 rings (SSSR count). The quantitative estimate of drug-likeness (QED) is 0.862. The summed E-state index contributed by atoms with van der Waals surface area (Å²) in [6.07, 6.45) is 2.32. The third-order valence-corrected chi connectivity index (χ3v) is 3.95. The first-order valence-corrected chi connectivity index (χ1v) is 7.74. The van der Waals surface area contributed by atoms with Gasteiger partial charge in [0.2, 0.25) is 5.91 Å². The summed E-state index contributed by atoms with van der Waals surface area (Å²) in [6, 6.07) is 10.6. The van der Waals surface area contributed by atoms with E-state index in [0.29, 0.717) is 18.8 Å². The molecule has 0 radical (unpaired) electrons. The van der Waals surface area contributed by atoms with Crippen LogP contribution in [0.15, 0.2) is 47.1 Å². The molecule has 0 aliphatic carbocycles. The van der Waals surface area contributed by atoms with Crippen molar-refractivity contribution in [2.75, 3.05) is 6.61 Å². The zero-order valence-corrected chi connectivity index (χ0v) is 13.0. The van der Waals surface area contributed by atoms with E-state index in [4.69, 9.17) is 9.15 Å². The molecule has 0 bridgehead atoms. The maximum atomic E-state index is 12.5. The van der Waals surface area contributed by atoms with E-state index < -0.39 is 0 Å². The number of benzene rings is 1. The molecule has 0 saturated carbocycles. The normalized spacial score (nSPS) is 17.7. The minimum Gasteiger partial charge on any atom is -0.493 e. The Kier molecular flexibility index (Phi) is 4.46. The fourth-order valence-electron chi connectivity index (χ4n) is 2.82. The average molecular weight is 313 g/mol. The monoisotopic (exact) mass is 313 g/mol. The molecule has 5 heteroatoms. The van der Waals surface area contributed by atoms with Crippen molar-refractivity contribution in [2.45, 2.75) is 31.7 Å². The highest BCUT2D eigenvalue weighted by atomic mass is 16.5. The molecule has 2 atom stereocenters. The third kappa shape index (κ3) is 3.44. The number of fused-ring (bicyclic) bond motifs is 1. The Hall–Kier alpha value is -2.56. The van der Waals surface area contributed by atoms with E-state index in [1.54, 1.807) is 12.1 Å². The van der Waals surface area contributed by atoms with Gasteiger partial charge in [0.1, 0.15) is 5.75 Å². The molecule has 0 saturated heterocycles. The molecule has 0 unspecified atom stereocenters. The number of carbonyl (C=O) groups is 2. The highest BCUT2D eigenvalue weighted by Gasteiger charge is 2.28. The van der Waals surface area contributed by atoms with Crippen LogP contribution in [-0.4, -0.2) is 24.3 Å². The molecule has 1 aliphatic rings. The molecule has 2 aromatic rings. The van der Waals surface area contributed by atoms with Crippen LogP contribution in [0.4, 0.5) is 0 Å². The second kappa shape index (κ2) is 6.69. The molecular formula is C18H19NO4. The number of Topliss-reactive ketones (excluding diaryl/α,β-unsaturated/α-hetero) is 1. The number of rotatable bonds is 5. The standard InChI is InChI=1S/C18H19NO4/c1-12(11-15(20)17-7-4-9-22-17)19-18(21)14-8-10-23-16-6-3-2-5-13(14)16/h2-7,9,12,14H,8,10-11H2,1H3,(H,19,21)/t12-,14+/m1/s1. The van der Waals surface area contributed by atoms with E-state index in [0.717, 1.165) is 11.3 Å². The van der Waals surface area contributed by atoms with Crippen LogP contribution in [0, 0.1) is 0 Å². The fourth-order valence-corrected chi connectivity index (χ4v) is 2.82. The second-order valence-electron chi connectivity index (χ2n) is 5.74. The van der Waals surface area contributed by atoms with Gasteiger partial charge in [-0.3, -0.25) is 9.59 Å². The van der Waals surface area contributed by atoms with Crippen molar-refractivity contribution in [2.24, 2.45) is 0 Å². The molecule has 5 nitrogen and oxygen atoms in total. The Bertz CT molecular complexity index is 693. The van der Waals surface area contributed by atoms with Crippen LogP contribution in [-0.2, 0) is 4.79 Å². The van der Waals surface area contributed by atoms with Crippen molar-refractivity contribution in [1.82, 2.24) is 5.32 Å². The SMILES string of the molecule is C[C@H](CC(=O)c1ccco1)NC(=O)[C@H]1CCOc2ccccc21. The van der Waals surface area contributed by atoms with Gasteiger partial charge in [0.25, 0.3) is 0 Å². The number of hydrogen-bond donors (Lipinski definition) is 1. The number of ether oxygens (including phenoxy) is 1. The molecular weight excluding hydrogens is 294 g/mol. The minimum absolute atomic E-state index is 0.0690. The molecule has 1 amide bonds. The van der Waals surface area contributed by atoms with E-state index >= 15 is 0 Å². The first kappa shape index (κ1) is 15.3. The molecule has 2 heterocycles. The minimum atomic E-state index is -0.255. The van der Waals surface area contributed by atoms with E-state index in [9.17, 15) is 9.59 Å². The molecule has 1 aromatic heterocycles. The van der Waals surface area contributed by atoms with Crippen molar-refractivity contribution < 1.29 is 18.7 Å². The van der Waals surface area contributed by atoms with Crippen LogP contribution in [0.5, 0.6) is 5.75 Å². The maximum absolute atomic E-state index is 12.5. The van der Waals surface area contributed by atoms with Crippen molar-refractivity contribution in [3.8, 4) is 5.75 Å². The van der Waals surface area contributed by atoms with Crippen LogP contribution in [0.1, 0.15) is 41.8 Å². The van der Waals surface area contributed by atoms with Gasteiger partial charge in [-0.15, -0.1) is 0 Å². The second-order valence-corrected chi connectivity index (χ2v) is 5.74. The third-order valence-electron chi connectivity index (χ3n) is 3.95. The Morgan fingerprint density at radius 2 is 2.09 bits per heavy atom. The van der Waals surface area contributed by atoms with Gasteiger partial charge in [0, 0.05) is 18.0 Å². The first-order chi connectivity index (χ1) is 11.1. The number of furan rings is 1. The predicted octanol–water partition coefficient (Wildman–Crippen LogP) is 2.92. The smallest absolute Gasteiger partial charge is 0.228 e. The van der Waals surface area contributed by atoms with Gasteiger partial charge >= 0.3 is 0 Å². The summed E-state index contributed by atoms with van der Waals surface area (Å²) in [6.45, 7) is 2.35. The number of nitrogens with one attached hydrogen (secondary N) is 1. The Morgan fingerprint density at radius 1 is 1.26 bits per heavy atom. The molecule has 23 heavy (non-hydrogen) atoms. The molecule has 0 fully saturated rings. The summed E-state index contributed by atoms with van der Waals surface area (Å²) in [5.74, 6) is 0.664. The molecule has 0 spiro atoms. The topological polar surface area (TPSA) is 68.5 Å². The lowest BCUT2D eigenvalue weighted by atomic mass is 9.92. The Balaban J connectivity index is 1.62. The number of ketones is 1. The van der Waals surface area contributed by atoms with Crippen LogP contribution in [0.25, 0.3) is 0 Å². The summed E-state index contributed by atoms with van der Waals surface area (Å²) < 4.78 is 10.7. The Labute approximate surface area is 134 Å². The van der Waals surface area contributed by atoms with Crippen molar-refractivity contribution in [1.29, 1.82) is 0 Å². The predicted molar refractivity (Wildman–Crippen MR) is 84.6 cm³/mol. The largest absolute Gasteiger partial charge is 0.493 e. The van der Waals surface area contributed by atoms with Gasteiger partial charge in [0.15, 0.2) is 11.5 Å². The summed E-state index contributed by atoms with van der Waals surface area (Å²) in [7, 11) is 0.